The molecule has 1 atom stereocenters. The second kappa shape index (κ2) is 11.2. The van der Waals surface area contributed by atoms with Gasteiger partial charge in [-0.05, 0) is 56.0 Å². The highest BCUT2D eigenvalue weighted by molar-refractivity contribution is 5.67. The van der Waals surface area contributed by atoms with Crippen molar-refractivity contribution < 1.29 is 17.9 Å². The molecule has 0 spiro atoms. The summed E-state index contributed by atoms with van der Waals surface area (Å²) in [6.45, 7) is 2.54. The lowest BCUT2D eigenvalue weighted by Gasteiger charge is -2.16. The van der Waals surface area contributed by atoms with Gasteiger partial charge in [-0.3, -0.25) is 9.78 Å². The van der Waals surface area contributed by atoms with Gasteiger partial charge in [-0.1, -0.05) is 5.92 Å². The molecule has 36 heavy (non-hydrogen) atoms. The number of hydrogen-bond donors (Lipinski definition) is 2. The average molecular weight is 497 g/mol. The van der Waals surface area contributed by atoms with Crippen LogP contribution in [0.4, 0.5) is 19.0 Å². The zero-order valence-electron chi connectivity index (χ0n) is 19.8. The normalized spacial score (nSPS) is 14.9. The van der Waals surface area contributed by atoms with E-state index in [1.54, 1.807) is 25.4 Å². The summed E-state index contributed by atoms with van der Waals surface area (Å²) in [6, 6.07) is 3.13. The molecule has 0 aliphatic heterocycles. The minimum atomic E-state index is -2.65. The van der Waals surface area contributed by atoms with Gasteiger partial charge in [0.2, 0.25) is 0 Å². The van der Waals surface area contributed by atoms with E-state index in [1.165, 1.54) is 24.3 Å². The predicted molar refractivity (Wildman–Crippen MR) is 131 cm³/mol. The molecule has 7 nitrogen and oxygen atoms in total. The van der Waals surface area contributed by atoms with Crippen molar-refractivity contribution in [1.29, 1.82) is 0 Å². The van der Waals surface area contributed by atoms with Crippen molar-refractivity contribution in [2.75, 3.05) is 5.73 Å². The highest BCUT2D eigenvalue weighted by Crippen LogP contribution is 2.35. The van der Waals surface area contributed by atoms with E-state index in [9.17, 15) is 13.2 Å². The van der Waals surface area contributed by atoms with Crippen LogP contribution < -0.4 is 10.5 Å². The van der Waals surface area contributed by atoms with E-state index in [-0.39, 0.29) is 17.6 Å². The van der Waals surface area contributed by atoms with Gasteiger partial charge in [-0.25, -0.2) is 18.2 Å². The number of ether oxygens (including phenoxy) is 1. The molecule has 3 heterocycles. The third-order valence-corrected chi connectivity index (χ3v) is 5.77. The number of alkyl halides is 2. The van der Waals surface area contributed by atoms with E-state index >= 15 is 0 Å². The number of halogens is 3. The summed E-state index contributed by atoms with van der Waals surface area (Å²) in [7, 11) is 0. The van der Waals surface area contributed by atoms with E-state index in [4.69, 9.17) is 16.9 Å². The first-order valence-electron chi connectivity index (χ1n) is 11.6. The van der Waals surface area contributed by atoms with Crippen LogP contribution in [0.2, 0.25) is 0 Å². The Morgan fingerprint density at radius 3 is 2.86 bits per heavy atom. The van der Waals surface area contributed by atoms with Gasteiger partial charge in [0.05, 0.1) is 18.0 Å². The number of aromatic nitrogens is 5. The number of nitrogens with two attached hydrogens (primary N) is 1. The van der Waals surface area contributed by atoms with E-state index in [2.05, 4.69) is 26.2 Å². The first-order chi connectivity index (χ1) is 17.3. The van der Waals surface area contributed by atoms with Crippen LogP contribution in [0.1, 0.15) is 49.6 Å². The van der Waals surface area contributed by atoms with Crippen LogP contribution in [0.15, 0.2) is 48.6 Å². The molecule has 1 aliphatic rings. The van der Waals surface area contributed by atoms with Crippen LogP contribution >= 0.6 is 0 Å². The molecule has 1 saturated carbocycles. The SMILES string of the molecule is C#C/C=C\C(F)=C/CC(C)Oc1cc(-c2c(Cc3cc(C(F)F)n[nH]3)cnn2CC2CC2)cnc1N. The molecule has 0 aromatic carbocycles. The van der Waals surface area contributed by atoms with Crippen LogP contribution in [0, 0.1) is 18.3 Å². The molecule has 0 saturated heterocycles. The van der Waals surface area contributed by atoms with Crippen molar-refractivity contribution in [3.63, 3.8) is 0 Å². The number of nitrogens with zero attached hydrogens (tertiary/aromatic N) is 4. The third-order valence-electron chi connectivity index (χ3n) is 5.77. The summed E-state index contributed by atoms with van der Waals surface area (Å²) in [6.07, 6.45) is 12.2. The number of nitrogens with one attached hydrogen (secondary N) is 1. The first-order valence-corrected chi connectivity index (χ1v) is 11.6. The number of anilines is 1. The van der Waals surface area contributed by atoms with Crippen molar-refractivity contribution >= 4 is 5.82 Å². The molecule has 0 amide bonds. The van der Waals surface area contributed by atoms with Crippen LogP contribution in [0.25, 0.3) is 11.3 Å². The van der Waals surface area contributed by atoms with Crippen molar-refractivity contribution in [3.8, 4) is 29.4 Å². The van der Waals surface area contributed by atoms with Crippen molar-refractivity contribution in [2.45, 2.75) is 51.7 Å². The highest BCUT2D eigenvalue weighted by Gasteiger charge is 2.25. The maximum atomic E-state index is 13.8. The number of pyridine rings is 1. The number of terminal acetylenes is 1. The molecule has 10 heteroatoms. The Balaban J connectivity index is 1.59. The molecule has 188 valence electrons. The molecule has 1 aliphatic carbocycles. The Hall–Kier alpha value is -4.00. The van der Waals surface area contributed by atoms with Crippen molar-refractivity contribution in [1.82, 2.24) is 25.0 Å². The van der Waals surface area contributed by atoms with Crippen LogP contribution in [0.3, 0.4) is 0 Å². The predicted octanol–water partition coefficient (Wildman–Crippen LogP) is 5.39. The lowest BCUT2D eigenvalue weighted by atomic mass is 10.0. The Bertz CT molecular complexity index is 1300. The molecule has 0 bridgehead atoms. The van der Waals surface area contributed by atoms with Gasteiger partial charge in [0.25, 0.3) is 6.43 Å². The summed E-state index contributed by atoms with van der Waals surface area (Å²) in [5.74, 6) is 2.90. The number of hydrogen-bond acceptors (Lipinski definition) is 5. The molecule has 3 N–H and O–H groups in total. The minimum Gasteiger partial charge on any atom is -0.487 e. The fourth-order valence-electron chi connectivity index (χ4n) is 3.78. The van der Waals surface area contributed by atoms with Crippen molar-refractivity contribution in [3.05, 3.63) is 65.5 Å². The summed E-state index contributed by atoms with van der Waals surface area (Å²) in [4.78, 5) is 4.30. The molecule has 1 unspecified atom stereocenters. The van der Waals surface area contributed by atoms with Gasteiger partial charge in [-0.15, -0.1) is 6.42 Å². The maximum Gasteiger partial charge on any atom is 0.282 e. The molecular formula is C26H27F3N6O. The number of rotatable bonds is 11. The molecule has 4 rings (SSSR count). The van der Waals surface area contributed by atoms with E-state index < -0.39 is 12.3 Å². The summed E-state index contributed by atoms with van der Waals surface area (Å²) < 4.78 is 47.6. The molecule has 3 aromatic heterocycles. The zero-order chi connectivity index (χ0) is 25.7. The minimum absolute atomic E-state index is 0.201. The lowest BCUT2D eigenvalue weighted by Crippen LogP contribution is -2.13. The van der Waals surface area contributed by atoms with Gasteiger partial charge in [0.1, 0.15) is 11.5 Å². The summed E-state index contributed by atoms with van der Waals surface area (Å²) in [5, 5.41) is 10.9. The Kier molecular flexibility index (Phi) is 7.78. The molecule has 0 radical (unpaired) electrons. The molecule has 3 aromatic rings. The Morgan fingerprint density at radius 2 is 2.17 bits per heavy atom. The smallest absolute Gasteiger partial charge is 0.282 e. The standard InChI is InChI=1S/C26H27F3N6O/c1-3-4-5-20(27)9-6-16(2)36-23-11-19(13-31-26(23)30)24-18(14-32-35(24)15-17-7-8-17)10-21-12-22(25(28)29)34-33-21/h1,4-5,9,11-14,16-17,25H,6-8,10,15H2,2H3,(H2,30,31)(H,33,34)/b5-4-,20-9+. The summed E-state index contributed by atoms with van der Waals surface area (Å²) in [5.41, 5.74) is 8.70. The van der Waals surface area contributed by atoms with E-state index in [1.807, 2.05) is 4.68 Å². The zero-order valence-corrected chi connectivity index (χ0v) is 19.8. The maximum absolute atomic E-state index is 13.8. The second-order valence-corrected chi connectivity index (χ2v) is 8.80. The van der Waals surface area contributed by atoms with Gasteiger partial charge in [0.15, 0.2) is 11.6 Å². The van der Waals surface area contributed by atoms with Crippen molar-refractivity contribution in [2.24, 2.45) is 5.92 Å². The number of nitrogen functional groups attached to an aromatic ring is 1. The van der Waals surface area contributed by atoms with Gasteiger partial charge < -0.3 is 10.5 Å². The molecular weight excluding hydrogens is 469 g/mol. The fraction of sp³-hybridized carbons (Fsp3) is 0.346. The van der Waals surface area contributed by atoms with E-state index in [0.717, 1.165) is 36.2 Å². The summed E-state index contributed by atoms with van der Waals surface area (Å²) >= 11 is 0. The molecule has 1 fully saturated rings. The number of aromatic amines is 1. The quantitative estimate of drug-likeness (QED) is 0.274. The lowest BCUT2D eigenvalue weighted by molar-refractivity contribution is 0.146. The first kappa shape index (κ1) is 25.1. The Morgan fingerprint density at radius 1 is 1.36 bits per heavy atom. The third kappa shape index (κ3) is 6.36. The van der Waals surface area contributed by atoms with Gasteiger partial charge >= 0.3 is 0 Å². The largest absolute Gasteiger partial charge is 0.487 e. The average Bonchev–Trinajstić information content (AvgIpc) is 3.39. The van der Waals surface area contributed by atoms with Crippen LogP contribution in [-0.4, -0.2) is 31.1 Å². The number of H-pyrrole nitrogens is 1. The monoisotopic (exact) mass is 496 g/mol. The second-order valence-electron chi connectivity index (χ2n) is 8.80. The Labute approximate surface area is 207 Å². The number of allylic oxidation sites excluding steroid dienone is 3. The fourth-order valence-corrected chi connectivity index (χ4v) is 3.78. The van der Waals surface area contributed by atoms with Gasteiger partial charge in [-0.2, -0.15) is 10.2 Å². The van der Waals surface area contributed by atoms with Crippen LogP contribution in [0.5, 0.6) is 5.75 Å². The van der Waals surface area contributed by atoms with E-state index in [0.29, 0.717) is 30.2 Å². The van der Waals surface area contributed by atoms with Crippen LogP contribution in [-0.2, 0) is 13.0 Å². The topological polar surface area (TPSA) is 94.6 Å². The van der Waals surface area contributed by atoms with Gasteiger partial charge in [0, 0.05) is 42.4 Å². The highest BCUT2D eigenvalue weighted by atomic mass is 19.3.